The lowest BCUT2D eigenvalue weighted by Crippen LogP contribution is -2.14. The van der Waals surface area contributed by atoms with E-state index in [-0.39, 0.29) is 5.91 Å². The fourth-order valence-electron chi connectivity index (χ4n) is 1.50. The Morgan fingerprint density at radius 3 is 2.83 bits per heavy atom. The van der Waals surface area contributed by atoms with Gasteiger partial charge in [-0.25, -0.2) is 4.98 Å². The van der Waals surface area contributed by atoms with E-state index in [2.05, 4.69) is 26.2 Å². The molecule has 1 amide bonds. The van der Waals surface area contributed by atoms with Gasteiger partial charge in [-0.2, -0.15) is 0 Å². The van der Waals surface area contributed by atoms with Gasteiger partial charge in [-0.15, -0.1) is 0 Å². The van der Waals surface area contributed by atoms with Gasteiger partial charge in [-0.1, -0.05) is 11.6 Å². The molecule has 2 rings (SSSR count). The quantitative estimate of drug-likeness (QED) is 0.905. The molecule has 92 valence electrons. The molecule has 1 aromatic carbocycles. The Hall–Kier alpha value is -1.39. The molecule has 0 atom stereocenters. The van der Waals surface area contributed by atoms with Crippen molar-refractivity contribution in [3.05, 3.63) is 57.3 Å². The zero-order valence-corrected chi connectivity index (χ0v) is 11.9. The molecular formula is C13H10BrClN2O. The highest BCUT2D eigenvalue weighted by Gasteiger charge is 2.12. The van der Waals surface area contributed by atoms with Crippen LogP contribution < -0.4 is 5.32 Å². The lowest BCUT2D eigenvalue weighted by Gasteiger charge is -2.08. The van der Waals surface area contributed by atoms with Gasteiger partial charge < -0.3 is 5.32 Å². The van der Waals surface area contributed by atoms with Crippen LogP contribution in [0.4, 0.5) is 5.69 Å². The van der Waals surface area contributed by atoms with E-state index in [4.69, 9.17) is 11.6 Å². The maximum atomic E-state index is 12.0. The topological polar surface area (TPSA) is 42.0 Å². The van der Waals surface area contributed by atoms with Crippen molar-refractivity contribution in [2.75, 3.05) is 5.32 Å². The van der Waals surface area contributed by atoms with E-state index in [1.165, 1.54) is 0 Å². The van der Waals surface area contributed by atoms with Crippen LogP contribution in [0.2, 0.25) is 5.02 Å². The summed E-state index contributed by atoms with van der Waals surface area (Å²) >= 11 is 9.16. The summed E-state index contributed by atoms with van der Waals surface area (Å²) in [4.78, 5) is 16.1. The van der Waals surface area contributed by atoms with Crippen molar-refractivity contribution in [2.24, 2.45) is 0 Å². The maximum Gasteiger partial charge on any atom is 0.275 e. The number of hydrogen-bond acceptors (Lipinski definition) is 2. The average Bonchev–Trinajstić information content (AvgIpc) is 2.33. The number of aromatic nitrogens is 1. The molecule has 1 aromatic heterocycles. The minimum Gasteiger partial charge on any atom is -0.320 e. The number of nitrogens with zero attached hydrogens (tertiary/aromatic N) is 1. The van der Waals surface area contributed by atoms with Crippen LogP contribution in [0.25, 0.3) is 0 Å². The molecule has 0 aliphatic carbocycles. The smallest absolute Gasteiger partial charge is 0.275 e. The summed E-state index contributed by atoms with van der Waals surface area (Å²) in [6.45, 7) is 1.88. The zero-order valence-electron chi connectivity index (χ0n) is 9.58. The predicted octanol–water partition coefficient (Wildman–Crippen LogP) is 4.06. The van der Waals surface area contributed by atoms with E-state index < -0.39 is 0 Å². The summed E-state index contributed by atoms with van der Waals surface area (Å²) in [6.07, 6.45) is 1.58. The largest absolute Gasteiger partial charge is 0.320 e. The molecule has 0 saturated carbocycles. The Bertz CT molecular complexity index is 601. The molecule has 0 aliphatic rings. The van der Waals surface area contributed by atoms with E-state index in [9.17, 15) is 4.79 Å². The highest BCUT2D eigenvalue weighted by atomic mass is 79.9. The number of rotatable bonds is 2. The lowest BCUT2D eigenvalue weighted by molar-refractivity contribution is 0.102. The van der Waals surface area contributed by atoms with E-state index in [1.54, 1.807) is 36.5 Å². The normalized spacial score (nSPS) is 10.2. The van der Waals surface area contributed by atoms with Crippen molar-refractivity contribution < 1.29 is 4.79 Å². The summed E-state index contributed by atoms with van der Waals surface area (Å²) < 4.78 is 0.661. The SMILES string of the molecule is Cc1cc(Cl)ccc1NC(=O)c1ncccc1Br. The molecule has 0 fully saturated rings. The second-order valence-corrected chi connectivity index (χ2v) is 5.04. The number of nitrogens with one attached hydrogen (secondary N) is 1. The van der Waals surface area contributed by atoms with Crippen molar-refractivity contribution in [1.82, 2.24) is 4.98 Å². The van der Waals surface area contributed by atoms with E-state index in [1.807, 2.05) is 6.92 Å². The predicted molar refractivity (Wildman–Crippen MR) is 76.1 cm³/mol. The van der Waals surface area contributed by atoms with Gasteiger partial charge in [-0.05, 0) is 58.7 Å². The van der Waals surface area contributed by atoms with Crippen LogP contribution >= 0.6 is 27.5 Å². The van der Waals surface area contributed by atoms with Gasteiger partial charge in [0.2, 0.25) is 0 Å². The molecule has 0 aliphatic heterocycles. The van der Waals surface area contributed by atoms with Gasteiger partial charge in [0.25, 0.3) is 5.91 Å². The molecule has 5 heteroatoms. The molecule has 3 nitrogen and oxygen atoms in total. The van der Waals surface area contributed by atoms with Crippen molar-refractivity contribution in [3.8, 4) is 0 Å². The standard InChI is InChI=1S/C13H10BrClN2O/c1-8-7-9(15)4-5-11(8)17-13(18)12-10(14)3-2-6-16-12/h2-7H,1H3,(H,17,18). The van der Waals surface area contributed by atoms with Crippen molar-refractivity contribution >= 4 is 39.1 Å². The molecule has 1 N–H and O–H groups in total. The Morgan fingerprint density at radius 1 is 1.39 bits per heavy atom. The average molecular weight is 326 g/mol. The van der Waals surface area contributed by atoms with Crippen LogP contribution in [0.3, 0.4) is 0 Å². The summed E-state index contributed by atoms with van der Waals surface area (Å²) in [5, 5.41) is 3.45. The van der Waals surface area contributed by atoms with Crippen molar-refractivity contribution in [2.45, 2.75) is 6.92 Å². The molecule has 0 bridgehead atoms. The molecule has 0 saturated heterocycles. The minimum atomic E-state index is -0.257. The number of anilines is 1. The second-order valence-electron chi connectivity index (χ2n) is 3.75. The maximum absolute atomic E-state index is 12.0. The van der Waals surface area contributed by atoms with Crippen LogP contribution in [-0.2, 0) is 0 Å². The summed E-state index contributed by atoms with van der Waals surface area (Å²) in [5.41, 5.74) is 1.98. The zero-order chi connectivity index (χ0) is 13.1. The third-order valence-corrected chi connectivity index (χ3v) is 3.29. The molecule has 1 heterocycles. The van der Waals surface area contributed by atoms with E-state index >= 15 is 0 Å². The number of benzene rings is 1. The Kier molecular flexibility index (Phi) is 3.99. The highest BCUT2D eigenvalue weighted by Crippen LogP contribution is 2.21. The van der Waals surface area contributed by atoms with Crippen LogP contribution in [0, 0.1) is 6.92 Å². The third kappa shape index (κ3) is 2.89. The molecular weight excluding hydrogens is 316 g/mol. The number of carbonyl (C=O) groups is 1. The molecule has 0 unspecified atom stereocenters. The number of halogens is 2. The first-order chi connectivity index (χ1) is 8.58. The van der Waals surface area contributed by atoms with Crippen LogP contribution in [0.15, 0.2) is 41.0 Å². The fourth-order valence-corrected chi connectivity index (χ4v) is 2.16. The van der Waals surface area contributed by atoms with Crippen molar-refractivity contribution in [1.29, 1.82) is 0 Å². The van der Waals surface area contributed by atoms with Crippen LogP contribution in [0.1, 0.15) is 16.1 Å². The van der Waals surface area contributed by atoms with Gasteiger partial charge in [0.1, 0.15) is 5.69 Å². The Balaban J connectivity index is 2.24. The second kappa shape index (κ2) is 5.50. The van der Waals surface area contributed by atoms with Gasteiger partial charge >= 0.3 is 0 Å². The number of carbonyl (C=O) groups excluding carboxylic acids is 1. The first kappa shape index (κ1) is 13.1. The summed E-state index contributed by atoms with van der Waals surface area (Å²) in [5.74, 6) is -0.257. The fraction of sp³-hybridized carbons (Fsp3) is 0.0769. The molecule has 0 radical (unpaired) electrons. The Labute approximate surface area is 118 Å². The van der Waals surface area contributed by atoms with E-state index in [0.29, 0.717) is 15.2 Å². The summed E-state index contributed by atoms with van der Waals surface area (Å²) in [6, 6.07) is 8.83. The third-order valence-electron chi connectivity index (χ3n) is 2.41. The van der Waals surface area contributed by atoms with Crippen LogP contribution in [-0.4, -0.2) is 10.9 Å². The van der Waals surface area contributed by atoms with Gasteiger partial charge in [-0.3, -0.25) is 4.79 Å². The van der Waals surface area contributed by atoms with Gasteiger partial charge in [0.05, 0.1) is 0 Å². The number of pyridine rings is 1. The molecule has 2 aromatic rings. The van der Waals surface area contributed by atoms with Crippen LogP contribution in [0.5, 0.6) is 0 Å². The van der Waals surface area contributed by atoms with E-state index in [0.717, 1.165) is 11.3 Å². The van der Waals surface area contributed by atoms with Gasteiger partial charge in [0, 0.05) is 21.4 Å². The molecule has 0 spiro atoms. The molecule has 18 heavy (non-hydrogen) atoms. The first-order valence-electron chi connectivity index (χ1n) is 5.26. The minimum absolute atomic E-state index is 0.257. The first-order valence-corrected chi connectivity index (χ1v) is 6.43. The monoisotopic (exact) mass is 324 g/mol. The summed E-state index contributed by atoms with van der Waals surface area (Å²) in [7, 11) is 0. The number of hydrogen-bond donors (Lipinski definition) is 1. The van der Waals surface area contributed by atoms with Gasteiger partial charge in [0.15, 0.2) is 0 Å². The number of aryl methyl sites for hydroxylation is 1. The highest BCUT2D eigenvalue weighted by molar-refractivity contribution is 9.10. The lowest BCUT2D eigenvalue weighted by atomic mass is 10.2. The van der Waals surface area contributed by atoms with Crippen molar-refractivity contribution in [3.63, 3.8) is 0 Å². The number of amides is 1. The Morgan fingerprint density at radius 2 is 2.17 bits per heavy atom.